The number of hydrogen-bond donors (Lipinski definition) is 1. The van der Waals surface area contributed by atoms with Crippen molar-refractivity contribution in [3.05, 3.63) is 64.2 Å². The zero-order chi connectivity index (χ0) is 25.5. The highest BCUT2D eigenvalue weighted by molar-refractivity contribution is 7.92. The third-order valence-electron chi connectivity index (χ3n) is 5.78. The summed E-state index contributed by atoms with van der Waals surface area (Å²) in [7, 11) is -3.58. The Balaban J connectivity index is 2.20. The minimum Gasteiger partial charge on any atom is -0.355 e. The van der Waals surface area contributed by atoms with Gasteiger partial charge in [-0.3, -0.25) is 13.9 Å². The Morgan fingerprint density at radius 1 is 1.09 bits per heavy atom. The van der Waals surface area contributed by atoms with Crippen molar-refractivity contribution in [3.8, 4) is 0 Å². The molecule has 34 heavy (non-hydrogen) atoms. The lowest BCUT2D eigenvalue weighted by Gasteiger charge is -2.30. The number of carbonyl (C=O) groups is 2. The van der Waals surface area contributed by atoms with Crippen LogP contribution in [0.2, 0.25) is 5.02 Å². The van der Waals surface area contributed by atoms with E-state index in [1.165, 1.54) is 4.31 Å². The fourth-order valence-corrected chi connectivity index (χ4v) is 4.91. The second-order valence-electron chi connectivity index (χ2n) is 8.34. The van der Waals surface area contributed by atoms with Crippen LogP contribution in [0.3, 0.4) is 0 Å². The monoisotopic (exact) mass is 507 g/mol. The summed E-state index contributed by atoms with van der Waals surface area (Å²) in [4.78, 5) is 27.3. The van der Waals surface area contributed by atoms with E-state index in [9.17, 15) is 18.0 Å². The molecule has 0 heterocycles. The van der Waals surface area contributed by atoms with Crippen molar-refractivity contribution >= 4 is 39.1 Å². The molecular formula is C25H34ClN3O4S. The van der Waals surface area contributed by atoms with Gasteiger partial charge >= 0.3 is 0 Å². The van der Waals surface area contributed by atoms with Gasteiger partial charge < -0.3 is 10.2 Å². The lowest BCUT2D eigenvalue weighted by atomic mass is 10.1. The molecule has 0 saturated carbocycles. The number of hydrogen-bond acceptors (Lipinski definition) is 4. The van der Waals surface area contributed by atoms with Crippen molar-refractivity contribution in [2.75, 3.05) is 23.7 Å². The van der Waals surface area contributed by atoms with E-state index in [-0.39, 0.29) is 24.8 Å². The molecule has 2 aromatic carbocycles. The maximum absolute atomic E-state index is 13.3. The van der Waals surface area contributed by atoms with Crippen molar-refractivity contribution < 1.29 is 18.0 Å². The molecule has 1 unspecified atom stereocenters. The highest BCUT2D eigenvalue weighted by Gasteiger charge is 2.27. The van der Waals surface area contributed by atoms with Crippen molar-refractivity contribution in [1.82, 2.24) is 10.2 Å². The molecule has 0 fully saturated rings. The molecule has 0 aromatic heterocycles. The molecule has 186 valence electrons. The molecule has 1 N–H and O–H groups in total. The van der Waals surface area contributed by atoms with E-state index < -0.39 is 16.1 Å². The van der Waals surface area contributed by atoms with Gasteiger partial charge in [0.25, 0.3) is 0 Å². The number of rotatable bonds is 11. The Bertz CT molecular complexity index is 1120. The summed E-state index contributed by atoms with van der Waals surface area (Å²) in [6.45, 7) is 8.16. The molecule has 0 spiro atoms. The number of aryl methyl sites for hydroxylation is 1. The molecule has 0 aliphatic heterocycles. The van der Waals surface area contributed by atoms with Crippen LogP contribution >= 0.6 is 11.6 Å². The van der Waals surface area contributed by atoms with Crippen LogP contribution in [0.5, 0.6) is 0 Å². The second-order valence-corrected chi connectivity index (χ2v) is 10.7. The number of nitrogens with one attached hydrogen (secondary N) is 1. The van der Waals surface area contributed by atoms with Crippen LogP contribution in [0.4, 0.5) is 5.69 Å². The highest BCUT2D eigenvalue weighted by Crippen LogP contribution is 2.28. The third-order valence-corrected chi connectivity index (χ3v) is 7.37. The summed E-state index contributed by atoms with van der Waals surface area (Å²) in [6.07, 6.45) is 1.53. The largest absolute Gasteiger partial charge is 0.355 e. The first-order valence-corrected chi connectivity index (χ1v) is 13.5. The lowest BCUT2D eigenvalue weighted by molar-refractivity contribution is -0.140. The molecule has 0 saturated heterocycles. The number of anilines is 1. The van der Waals surface area contributed by atoms with Crippen LogP contribution in [-0.2, 0) is 26.2 Å². The molecule has 2 rings (SSSR count). The molecule has 7 nitrogen and oxygen atoms in total. The summed E-state index contributed by atoms with van der Waals surface area (Å²) in [5.74, 6) is -0.435. The number of carbonyl (C=O) groups excluding carboxylic acids is 2. The minimum atomic E-state index is -3.58. The standard InChI is InChI=1S/C25H34ClN3O4S/c1-6-27-25(31)20(4)28(17-21-12-8-7-11-18(21)2)24(30)15-10-16-29(34(5,32)33)23-14-9-13-22(26)19(23)3/h7-9,11-14,20H,6,10,15-17H2,1-5H3,(H,27,31). The quantitative estimate of drug-likeness (QED) is 0.497. The van der Waals surface area contributed by atoms with Crippen molar-refractivity contribution in [2.45, 2.75) is 53.1 Å². The number of likely N-dealkylation sites (N-methyl/N-ethyl adjacent to an activating group) is 1. The van der Waals surface area contributed by atoms with Gasteiger partial charge in [-0.1, -0.05) is 41.9 Å². The number of benzene rings is 2. The zero-order valence-electron chi connectivity index (χ0n) is 20.5. The molecule has 0 radical (unpaired) electrons. The predicted molar refractivity (Wildman–Crippen MR) is 137 cm³/mol. The van der Waals surface area contributed by atoms with E-state index in [1.54, 1.807) is 36.9 Å². The molecule has 0 aliphatic rings. The Morgan fingerprint density at radius 2 is 1.76 bits per heavy atom. The normalized spacial score (nSPS) is 12.2. The zero-order valence-corrected chi connectivity index (χ0v) is 22.0. The fourth-order valence-electron chi connectivity index (χ4n) is 3.72. The van der Waals surface area contributed by atoms with E-state index in [4.69, 9.17) is 11.6 Å². The maximum Gasteiger partial charge on any atom is 0.242 e. The van der Waals surface area contributed by atoms with Gasteiger partial charge in [0.2, 0.25) is 21.8 Å². The second kappa shape index (κ2) is 12.2. The van der Waals surface area contributed by atoms with E-state index in [0.717, 1.165) is 17.4 Å². The van der Waals surface area contributed by atoms with Gasteiger partial charge in [0, 0.05) is 31.1 Å². The first-order chi connectivity index (χ1) is 16.0. The van der Waals surface area contributed by atoms with E-state index in [0.29, 0.717) is 35.8 Å². The summed E-state index contributed by atoms with van der Waals surface area (Å²) >= 11 is 6.19. The third kappa shape index (κ3) is 7.21. The summed E-state index contributed by atoms with van der Waals surface area (Å²) in [6, 6.07) is 12.2. The van der Waals surface area contributed by atoms with Crippen molar-refractivity contribution in [3.63, 3.8) is 0 Å². The lowest BCUT2D eigenvalue weighted by Crippen LogP contribution is -2.47. The first kappa shape index (κ1) is 27.7. The van der Waals surface area contributed by atoms with Crippen molar-refractivity contribution in [2.24, 2.45) is 0 Å². The van der Waals surface area contributed by atoms with Gasteiger partial charge in [-0.25, -0.2) is 8.42 Å². The van der Waals surface area contributed by atoms with Gasteiger partial charge in [-0.2, -0.15) is 0 Å². The predicted octanol–water partition coefficient (Wildman–Crippen LogP) is 4.06. The van der Waals surface area contributed by atoms with Crippen LogP contribution in [0.25, 0.3) is 0 Å². The Labute approximate surface area is 208 Å². The summed E-state index contributed by atoms with van der Waals surface area (Å²) < 4.78 is 26.3. The van der Waals surface area contributed by atoms with Crippen LogP contribution in [0.15, 0.2) is 42.5 Å². The SMILES string of the molecule is CCNC(=O)C(C)N(Cc1ccccc1C)C(=O)CCCN(c1cccc(Cl)c1C)S(C)(=O)=O. The highest BCUT2D eigenvalue weighted by atomic mass is 35.5. The van der Waals surface area contributed by atoms with Gasteiger partial charge in [0.1, 0.15) is 6.04 Å². The molecule has 2 aromatic rings. The smallest absolute Gasteiger partial charge is 0.242 e. The van der Waals surface area contributed by atoms with Crippen LogP contribution in [0, 0.1) is 13.8 Å². The fraction of sp³-hybridized carbons (Fsp3) is 0.440. The molecule has 1 atom stereocenters. The molecule has 0 aliphatic carbocycles. The molecule has 9 heteroatoms. The maximum atomic E-state index is 13.3. The molecular weight excluding hydrogens is 474 g/mol. The van der Waals surface area contributed by atoms with E-state index in [1.807, 2.05) is 38.1 Å². The van der Waals surface area contributed by atoms with Crippen molar-refractivity contribution in [1.29, 1.82) is 0 Å². The number of sulfonamides is 1. The Morgan fingerprint density at radius 3 is 2.38 bits per heavy atom. The van der Waals surface area contributed by atoms with Gasteiger partial charge in [0.05, 0.1) is 11.9 Å². The Hall–Kier alpha value is -2.58. The summed E-state index contributed by atoms with van der Waals surface area (Å²) in [5, 5.41) is 3.25. The minimum absolute atomic E-state index is 0.0985. The average Bonchev–Trinajstić information content (AvgIpc) is 2.77. The van der Waals surface area contributed by atoms with Gasteiger partial charge in [0.15, 0.2) is 0 Å². The van der Waals surface area contributed by atoms with E-state index in [2.05, 4.69) is 5.32 Å². The first-order valence-electron chi connectivity index (χ1n) is 11.3. The number of nitrogens with zero attached hydrogens (tertiary/aromatic N) is 2. The van der Waals surface area contributed by atoms with Gasteiger partial charge in [-0.15, -0.1) is 0 Å². The van der Waals surface area contributed by atoms with Crippen LogP contribution < -0.4 is 9.62 Å². The number of amides is 2. The van der Waals surface area contributed by atoms with Crippen LogP contribution in [-0.4, -0.2) is 50.5 Å². The molecule has 0 bridgehead atoms. The van der Waals surface area contributed by atoms with Crippen LogP contribution in [0.1, 0.15) is 43.4 Å². The topological polar surface area (TPSA) is 86.8 Å². The number of halogens is 1. The van der Waals surface area contributed by atoms with Gasteiger partial charge in [-0.05, 0) is 62.9 Å². The molecule has 2 amide bonds. The Kier molecular flexibility index (Phi) is 9.94. The van der Waals surface area contributed by atoms with E-state index >= 15 is 0 Å². The average molecular weight is 508 g/mol. The summed E-state index contributed by atoms with van der Waals surface area (Å²) in [5.41, 5.74) is 3.14.